The fourth-order valence-corrected chi connectivity index (χ4v) is 2.98. The van der Waals surface area contributed by atoms with Crippen molar-refractivity contribution in [1.29, 1.82) is 0 Å². The number of carboxylic acids is 1. The molecule has 0 bridgehead atoms. The SMILES string of the molecule is CCC(CC[NH+](C)C)(C(=O)O)c1cccc2ccccc12.[Cl-]. The first-order valence-corrected chi connectivity index (χ1v) is 7.52. The predicted molar refractivity (Wildman–Crippen MR) is 85.8 cm³/mol. The molecule has 2 N–H and O–H groups in total. The van der Waals surface area contributed by atoms with Gasteiger partial charge in [0, 0.05) is 6.42 Å². The third-order valence-electron chi connectivity index (χ3n) is 4.37. The smallest absolute Gasteiger partial charge is 0.314 e. The van der Waals surface area contributed by atoms with Crippen molar-refractivity contribution in [2.45, 2.75) is 25.2 Å². The molecule has 0 spiro atoms. The molecule has 2 aromatic carbocycles. The topological polar surface area (TPSA) is 41.7 Å². The quantitative estimate of drug-likeness (QED) is 0.725. The molecule has 0 fully saturated rings. The van der Waals surface area contributed by atoms with Crippen molar-refractivity contribution >= 4 is 16.7 Å². The number of hydrogen-bond acceptors (Lipinski definition) is 1. The fraction of sp³-hybridized carbons (Fsp3) is 0.389. The molecule has 3 nitrogen and oxygen atoms in total. The van der Waals surface area contributed by atoms with Crippen LogP contribution in [0.25, 0.3) is 10.8 Å². The minimum Gasteiger partial charge on any atom is -1.00 e. The Morgan fingerprint density at radius 1 is 1.14 bits per heavy atom. The van der Waals surface area contributed by atoms with E-state index in [-0.39, 0.29) is 12.4 Å². The Hall–Kier alpha value is -1.58. The molecule has 1 unspecified atom stereocenters. The molecule has 0 radical (unpaired) electrons. The van der Waals surface area contributed by atoms with Gasteiger partial charge >= 0.3 is 5.97 Å². The van der Waals surface area contributed by atoms with Crippen molar-refractivity contribution in [2.24, 2.45) is 0 Å². The maximum absolute atomic E-state index is 12.1. The van der Waals surface area contributed by atoms with Gasteiger partial charge in [-0.25, -0.2) is 0 Å². The number of carbonyl (C=O) groups is 1. The molecule has 2 aromatic rings. The van der Waals surface area contributed by atoms with E-state index < -0.39 is 11.4 Å². The maximum atomic E-state index is 12.1. The summed E-state index contributed by atoms with van der Waals surface area (Å²) in [5.41, 5.74) is 0.134. The lowest BCUT2D eigenvalue weighted by Crippen LogP contribution is -3.05. The summed E-state index contributed by atoms with van der Waals surface area (Å²) in [5.74, 6) is -0.720. The molecule has 0 aliphatic heterocycles. The summed E-state index contributed by atoms with van der Waals surface area (Å²) >= 11 is 0. The average molecular weight is 322 g/mol. The lowest BCUT2D eigenvalue weighted by molar-refractivity contribution is -0.858. The number of fused-ring (bicyclic) bond motifs is 1. The van der Waals surface area contributed by atoms with Crippen LogP contribution < -0.4 is 17.3 Å². The van der Waals surface area contributed by atoms with Gasteiger partial charge in [0.25, 0.3) is 0 Å². The van der Waals surface area contributed by atoms with E-state index in [4.69, 9.17) is 0 Å². The highest BCUT2D eigenvalue weighted by Crippen LogP contribution is 2.36. The highest BCUT2D eigenvalue weighted by Gasteiger charge is 2.40. The first-order chi connectivity index (χ1) is 10.0. The van der Waals surface area contributed by atoms with Gasteiger partial charge in [-0.3, -0.25) is 4.79 Å². The lowest BCUT2D eigenvalue weighted by atomic mass is 9.73. The third-order valence-corrected chi connectivity index (χ3v) is 4.37. The summed E-state index contributed by atoms with van der Waals surface area (Å²) < 4.78 is 0. The van der Waals surface area contributed by atoms with Gasteiger partial charge in [0.05, 0.1) is 26.1 Å². The second kappa shape index (κ2) is 7.61. The van der Waals surface area contributed by atoms with E-state index in [9.17, 15) is 9.90 Å². The summed E-state index contributed by atoms with van der Waals surface area (Å²) in [4.78, 5) is 13.4. The average Bonchev–Trinajstić information content (AvgIpc) is 2.48. The van der Waals surface area contributed by atoms with E-state index in [1.807, 2.05) is 49.4 Å². The molecule has 0 aliphatic rings. The highest BCUT2D eigenvalue weighted by molar-refractivity contribution is 5.93. The number of benzene rings is 2. The number of quaternary nitrogens is 1. The normalized spacial score (nSPS) is 13.6. The van der Waals surface area contributed by atoms with Gasteiger partial charge in [0.2, 0.25) is 0 Å². The molecule has 2 rings (SSSR count). The maximum Gasteiger partial charge on any atom is 0.314 e. The van der Waals surface area contributed by atoms with Crippen LogP contribution in [0, 0.1) is 0 Å². The zero-order valence-corrected chi connectivity index (χ0v) is 14.2. The van der Waals surface area contributed by atoms with E-state index in [1.54, 1.807) is 0 Å². The Morgan fingerprint density at radius 3 is 2.36 bits per heavy atom. The Bertz CT molecular complexity index is 637. The minimum absolute atomic E-state index is 0. The van der Waals surface area contributed by atoms with E-state index in [0.717, 1.165) is 22.9 Å². The Morgan fingerprint density at radius 2 is 1.77 bits per heavy atom. The standard InChI is InChI=1S/C18H23NO2.ClH/c1-4-18(17(20)21,12-13-19(2)3)16-11-7-9-14-8-5-6-10-15(14)16;/h5-11H,4,12-13H2,1-3H3,(H,20,21);1H. The molecule has 120 valence electrons. The van der Waals surface area contributed by atoms with Crippen LogP contribution in [0.15, 0.2) is 42.5 Å². The van der Waals surface area contributed by atoms with Crippen LogP contribution in [0.4, 0.5) is 0 Å². The summed E-state index contributed by atoms with van der Waals surface area (Å²) in [6, 6.07) is 14.0. The Balaban J connectivity index is 0.00000242. The summed E-state index contributed by atoms with van der Waals surface area (Å²) in [7, 11) is 4.12. The summed E-state index contributed by atoms with van der Waals surface area (Å²) in [6.07, 6.45) is 1.25. The first-order valence-electron chi connectivity index (χ1n) is 7.52. The van der Waals surface area contributed by atoms with Crippen LogP contribution >= 0.6 is 0 Å². The van der Waals surface area contributed by atoms with Gasteiger partial charge < -0.3 is 22.4 Å². The van der Waals surface area contributed by atoms with Gasteiger partial charge in [-0.1, -0.05) is 49.4 Å². The van der Waals surface area contributed by atoms with Crippen molar-refractivity contribution in [3.05, 3.63) is 48.0 Å². The van der Waals surface area contributed by atoms with Crippen LogP contribution in [0.1, 0.15) is 25.3 Å². The minimum atomic E-state index is -0.807. The first kappa shape index (κ1) is 18.5. The van der Waals surface area contributed by atoms with Gasteiger partial charge in [0.1, 0.15) is 0 Å². The molecular formula is C18H24ClNO2. The van der Waals surface area contributed by atoms with Crippen molar-refractivity contribution < 1.29 is 27.2 Å². The molecule has 0 saturated carbocycles. The third kappa shape index (κ3) is 3.42. The van der Waals surface area contributed by atoms with Crippen molar-refractivity contribution in [1.82, 2.24) is 0 Å². The molecule has 4 heteroatoms. The molecule has 22 heavy (non-hydrogen) atoms. The van der Waals surface area contributed by atoms with Crippen LogP contribution in [0.5, 0.6) is 0 Å². The van der Waals surface area contributed by atoms with Crippen molar-refractivity contribution in [3.8, 4) is 0 Å². The Kier molecular flexibility index (Phi) is 6.39. The van der Waals surface area contributed by atoms with Gasteiger partial charge in [0.15, 0.2) is 0 Å². The van der Waals surface area contributed by atoms with E-state index in [1.165, 1.54) is 4.90 Å². The molecule has 0 heterocycles. The second-order valence-electron chi connectivity index (χ2n) is 5.97. The predicted octanol–water partition coefficient (Wildman–Crippen LogP) is -0.889. The Labute approximate surface area is 138 Å². The largest absolute Gasteiger partial charge is 1.00 e. The fourth-order valence-electron chi connectivity index (χ4n) is 2.98. The number of hydrogen-bond donors (Lipinski definition) is 2. The molecule has 0 amide bonds. The monoisotopic (exact) mass is 321 g/mol. The number of nitrogens with one attached hydrogen (secondary N) is 1. The molecule has 0 aliphatic carbocycles. The van der Waals surface area contributed by atoms with Gasteiger partial charge in [-0.2, -0.15) is 0 Å². The second-order valence-corrected chi connectivity index (χ2v) is 5.97. The molecule has 0 saturated heterocycles. The van der Waals surface area contributed by atoms with E-state index >= 15 is 0 Å². The highest BCUT2D eigenvalue weighted by atomic mass is 35.5. The summed E-state index contributed by atoms with van der Waals surface area (Å²) in [5, 5.41) is 12.1. The van der Waals surface area contributed by atoms with E-state index in [2.05, 4.69) is 14.1 Å². The van der Waals surface area contributed by atoms with Crippen molar-refractivity contribution in [3.63, 3.8) is 0 Å². The molecule has 1 atom stereocenters. The van der Waals surface area contributed by atoms with Crippen LogP contribution in [-0.2, 0) is 10.2 Å². The summed E-state index contributed by atoms with van der Waals surface area (Å²) in [6.45, 7) is 2.81. The van der Waals surface area contributed by atoms with Crippen LogP contribution in [0.3, 0.4) is 0 Å². The van der Waals surface area contributed by atoms with Crippen LogP contribution in [-0.4, -0.2) is 31.7 Å². The van der Waals surface area contributed by atoms with Gasteiger partial charge in [-0.05, 0) is 22.8 Å². The zero-order valence-electron chi connectivity index (χ0n) is 13.4. The van der Waals surface area contributed by atoms with Gasteiger partial charge in [-0.15, -0.1) is 0 Å². The lowest BCUT2D eigenvalue weighted by Gasteiger charge is -2.30. The number of aliphatic carboxylic acids is 1. The molecular weight excluding hydrogens is 298 g/mol. The number of rotatable bonds is 6. The number of halogens is 1. The molecule has 0 aromatic heterocycles. The van der Waals surface area contributed by atoms with E-state index in [0.29, 0.717) is 12.8 Å². The number of carboxylic acid groups (broad SMARTS) is 1. The zero-order chi connectivity index (χ0) is 15.5. The van der Waals surface area contributed by atoms with Crippen molar-refractivity contribution in [2.75, 3.05) is 20.6 Å². The van der Waals surface area contributed by atoms with Crippen LogP contribution in [0.2, 0.25) is 0 Å².